The molecule has 0 atom stereocenters. The van der Waals surface area contributed by atoms with Crippen LogP contribution in [0.15, 0.2) is 61.2 Å². The molecule has 0 spiro atoms. The number of aromatic nitrogens is 3. The third-order valence-electron chi connectivity index (χ3n) is 3.18. The van der Waals surface area contributed by atoms with Crippen LogP contribution in [0.2, 0.25) is 0 Å². The highest BCUT2D eigenvalue weighted by Crippen LogP contribution is 2.15. The summed E-state index contributed by atoms with van der Waals surface area (Å²) in [6.07, 6.45) is 3.39. The molecule has 0 saturated carbocycles. The zero-order valence-corrected chi connectivity index (χ0v) is 11.3. The summed E-state index contributed by atoms with van der Waals surface area (Å²) in [5.41, 5.74) is 4.68. The summed E-state index contributed by atoms with van der Waals surface area (Å²) in [6.45, 7) is 2.91. The molecule has 3 rings (SSSR count). The van der Waals surface area contributed by atoms with Crippen molar-refractivity contribution in [1.82, 2.24) is 14.8 Å². The Bertz CT molecular complexity index is 672. The van der Waals surface area contributed by atoms with Crippen molar-refractivity contribution in [3.05, 3.63) is 72.3 Å². The lowest BCUT2D eigenvalue weighted by Crippen LogP contribution is -2.00. The number of benzene rings is 2. The van der Waals surface area contributed by atoms with E-state index in [9.17, 15) is 0 Å². The number of nitrogens with zero attached hydrogens (tertiary/aromatic N) is 3. The topological polar surface area (TPSA) is 42.7 Å². The largest absolute Gasteiger partial charge is 0.381 e. The molecule has 0 bridgehead atoms. The molecule has 20 heavy (non-hydrogen) atoms. The summed E-state index contributed by atoms with van der Waals surface area (Å²) < 4.78 is 1.89. The number of rotatable bonds is 4. The summed E-state index contributed by atoms with van der Waals surface area (Å²) in [5, 5.41) is 11.1. The minimum atomic E-state index is 0.811. The van der Waals surface area contributed by atoms with Gasteiger partial charge in [-0.15, -0.1) is 10.2 Å². The van der Waals surface area contributed by atoms with Crippen LogP contribution in [0.1, 0.15) is 11.1 Å². The van der Waals surface area contributed by atoms with Crippen LogP contribution in [-0.4, -0.2) is 14.8 Å². The zero-order chi connectivity index (χ0) is 13.8. The maximum absolute atomic E-state index is 3.82. The number of hydrogen-bond donors (Lipinski definition) is 1. The third kappa shape index (κ3) is 2.85. The fraction of sp³-hybridized carbons (Fsp3) is 0.125. The predicted octanol–water partition coefficient (Wildman–Crippen LogP) is 3.19. The lowest BCUT2D eigenvalue weighted by atomic mass is 10.1. The fourth-order valence-electron chi connectivity index (χ4n) is 2.02. The Hall–Kier alpha value is -2.62. The van der Waals surface area contributed by atoms with Gasteiger partial charge in [0.25, 0.3) is 0 Å². The Morgan fingerprint density at radius 3 is 2.50 bits per heavy atom. The SMILES string of the molecule is Cc1ccc(CNc2cccc(-n3cnnc3)c2)cc1. The van der Waals surface area contributed by atoms with Crippen LogP contribution in [-0.2, 0) is 6.54 Å². The molecule has 1 aromatic heterocycles. The normalized spacial score (nSPS) is 10.4. The maximum atomic E-state index is 3.82. The molecule has 4 heteroatoms. The average molecular weight is 264 g/mol. The Kier molecular flexibility index (Phi) is 3.46. The number of hydrogen-bond acceptors (Lipinski definition) is 3. The minimum absolute atomic E-state index is 0.811. The molecular weight excluding hydrogens is 248 g/mol. The van der Waals surface area contributed by atoms with Gasteiger partial charge in [-0.1, -0.05) is 35.9 Å². The van der Waals surface area contributed by atoms with Crippen LogP contribution < -0.4 is 5.32 Å². The summed E-state index contributed by atoms with van der Waals surface area (Å²) in [7, 11) is 0. The minimum Gasteiger partial charge on any atom is -0.381 e. The van der Waals surface area contributed by atoms with E-state index in [0.29, 0.717) is 0 Å². The van der Waals surface area contributed by atoms with E-state index in [4.69, 9.17) is 0 Å². The Morgan fingerprint density at radius 2 is 1.75 bits per heavy atom. The van der Waals surface area contributed by atoms with Crippen molar-refractivity contribution in [2.24, 2.45) is 0 Å². The lowest BCUT2D eigenvalue weighted by molar-refractivity contribution is 1.05. The van der Waals surface area contributed by atoms with Crippen LogP contribution in [0, 0.1) is 6.92 Å². The standard InChI is InChI=1S/C16H16N4/c1-13-5-7-14(8-6-13)10-17-15-3-2-4-16(9-15)20-11-18-19-12-20/h2-9,11-12,17H,10H2,1H3. The van der Waals surface area contributed by atoms with Gasteiger partial charge in [0.15, 0.2) is 0 Å². The molecule has 2 aromatic carbocycles. The molecule has 1 N–H and O–H groups in total. The molecule has 0 aliphatic rings. The van der Waals surface area contributed by atoms with E-state index in [1.807, 2.05) is 16.7 Å². The highest BCUT2D eigenvalue weighted by molar-refractivity contribution is 5.51. The van der Waals surface area contributed by atoms with E-state index in [-0.39, 0.29) is 0 Å². The molecule has 4 nitrogen and oxygen atoms in total. The van der Waals surface area contributed by atoms with Crippen molar-refractivity contribution in [1.29, 1.82) is 0 Å². The van der Waals surface area contributed by atoms with Gasteiger partial charge in [-0.3, -0.25) is 4.57 Å². The molecule has 100 valence electrons. The second-order valence-electron chi connectivity index (χ2n) is 4.76. The third-order valence-corrected chi connectivity index (χ3v) is 3.18. The first-order valence-electron chi connectivity index (χ1n) is 6.56. The molecule has 0 aliphatic heterocycles. The van der Waals surface area contributed by atoms with Gasteiger partial charge >= 0.3 is 0 Å². The van der Waals surface area contributed by atoms with E-state index in [1.54, 1.807) is 12.7 Å². The second kappa shape index (κ2) is 5.57. The van der Waals surface area contributed by atoms with E-state index in [2.05, 4.69) is 58.8 Å². The summed E-state index contributed by atoms with van der Waals surface area (Å²) >= 11 is 0. The number of aryl methyl sites for hydroxylation is 1. The molecule has 1 heterocycles. The second-order valence-corrected chi connectivity index (χ2v) is 4.76. The molecular formula is C16H16N4. The van der Waals surface area contributed by atoms with Crippen molar-refractivity contribution in [2.75, 3.05) is 5.32 Å². The number of nitrogens with one attached hydrogen (secondary N) is 1. The molecule has 0 fully saturated rings. The molecule has 0 saturated heterocycles. The van der Waals surface area contributed by atoms with E-state index < -0.39 is 0 Å². The van der Waals surface area contributed by atoms with Gasteiger partial charge in [-0.2, -0.15) is 0 Å². The average Bonchev–Trinajstić information content (AvgIpc) is 3.01. The van der Waals surface area contributed by atoms with Crippen LogP contribution in [0.5, 0.6) is 0 Å². The van der Waals surface area contributed by atoms with Gasteiger partial charge in [-0.05, 0) is 30.7 Å². The van der Waals surface area contributed by atoms with Gasteiger partial charge in [0.2, 0.25) is 0 Å². The Labute approximate surface area is 118 Å². The van der Waals surface area contributed by atoms with E-state index in [1.165, 1.54) is 11.1 Å². The van der Waals surface area contributed by atoms with Gasteiger partial charge < -0.3 is 5.32 Å². The molecule has 0 aliphatic carbocycles. The van der Waals surface area contributed by atoms with Crippen molar-refractivity contribution >= 4 is 5.69 Å². The predicted molar refractivity (Wildman–Crippen MR) is 79.9 cm³/mol. The van der Waals surface area contributed by atoms with Crippen LogP contribution >= 0.6 is 0 Å². The molecule has 0 radical (unpaired) electrons. The number of anilines is 1. The molecule has 3 aromatic rings. The van der Waals surface area contributed by atoms with Crippen molar-refractivity contribution < 1.29 is 0 Å². The zero-order valence-electron chi connectivity index (χ0n) is 11.3. The summed E-state index contributed by atoms with van der Waals surface area (Å²) in [4.78, 5) is 0. The quantitative estimate of drug-likeness (QED) is 0.787. The summed E-state index contributed by atoms with van der Waals surface area (Å²) in [5.74, 6) is 0. The molecule has 0 amide bonds. The highest BCUT2D eigenvalue weighted by Gasteiger charge is 1.99. The smallest absolute Gasteiger partial charge is 0.123 e. The Balaban J connectivity index is 1.72. The van der Waals surface area contributed by atoms with Gasteiger partial charge in [0.1, 0.15) is 12.7 Å². The van der Waals surface area contributed by atoms with Crippen LogP contribution in [0.4, 0.5) is 5.69 Å². The van der Waals surface area contributed by atoms with Crippen molar-refractivity contribution in [3.8, 4) is 5.69 Å². The van der Waals surface area contributed by atoms with Crippen molar-refractivity contribution in [2.45, 2.75) is 13.5 Å². The lowest BCUT2D eigenvalue weighted by Gasteiger charge is -2.09. The summed E-state index contributed by atoms with van der Waals surface area (Å²) in [6, 6.07) is 16.7. The van der Waals surface area contributed by atoms with Crippen LogP contribution in [0.3, 0.4) is 0 Å². The van der Waals surface area contributed by atoms with Crippen molar-refractivity contribution in [3.63, 3.8) is 0 Å². The maximum Gasteiger partial charge on any atom is 0.123 e. The first-order chi connectivity index (χ1) is 9.81. The van der Waals surface area contributed by atoms with E-state index in [0.717, 1.165) is 17.9 Å². The first kappa shape index (κ1) is 12.4. The van der Waals surface area contributed by atoms with Gasteiger partial charge in [-0.25, -0.2) is 0 Å². The Morgan fingerprint density at radius 1 is 1.00 bits per heavy atom. The molecule has 0 unspecified atom stereocenters. The van der Waals surface area contributed by atoms with Gasteiger partial charge in [0.05, 0.1) is 5.69 Å². The van der Waals surface area contributed by atoms with Crippen LogP contribution in [0.25, 0.3) is 5.69 Å². The monoisotopic (exact) mass is 264 g/mol. The van der Waals surface area contributed by atoms with E-state index >= 15 is 0 Å². The fourth-order valence-corrected chi connectivity index (χ4v) is 2.02. The first-order valence-corrected chi connectivity index (χ1v) is 6.56. The highest BCUT2D eigenvalue weighted by atomic mass is 15.2. The van der Waals surface area contributed by atoms with Gasteiger partial charge in [0, 0.05) is 12.2 Å².